The van der Waals surface area contributed by atoms with Gasteiger partial charge in [0.25, 0.3) is 0 Å². The second kappa shape index (κ2) is 7.16. The zero-order valence-corrected chi connectivity index (χ0v) is 17.1. The summed E-state index contributed by atoms with van der Waals surface area (Å²) in [4.78, 5) is 11.5. The van der Waals surface area contributed by atoms with Gasteiger partial charge in [0.1, 0.15) is 5.75 Å². The minimum Gasteiger partial charge on any atom is -0.491 e. The van der Waals surface area contributed by atoms with Crippen molar-refractivity contribution in [3.63, 3.8) is 0 Å². The van der Waals surface area contributed by atoms with E-state index in [1.165, 1.54) is 36.1 Å². The second-order valence-electron chi connectivity index (χ2n) is 8.50. The Kier molecular flexibility index (Phi) is 4.82. The summed E-state index contributed by atoms with van der Waals surface area (Å²) in [5.41, 5.74) is 6.14. The number of aromatic carboxylic acids is 1. The average Bonchev–Trinajstić information content (AvgIpc) is 3.13. The van der Waals surface area contributed by atoms with Crippen molar-refractivity contribution in [1.82, 2.24) is 0 Å². The van der Waals surface area contributed by atoms with Crippen molar-refractivity contribution in [2.24, 2.45) is 5.92 Å². The van der Waals surface area contributed by atoms with Crippen molar-refractivity contribution < 1.29 is 14.6 Å². The van der Waals surface area contributed by atoms with Crippen molar-refractivity contribution in [1.29, 1.82) is 0 Å². The lowest BCUT2D eigenvalue weighted by Gasteiger charge is -2.38. The van der Waals surface area contributed by atoms with Crippen LogP contribution in [0, 0.1) is 19.8 Å². The Hall–Kier alpha value is -2.49. The molecule has 3 atom stereocenters. The lowest BCUT2D eigenvalue weighted by Crippen LogP contribution is -2.29. The van der Waals surface area contributed by atoms with Crippen LogP contribution in [0.2, 0.25) is 0 Å². The zero-order valence-electron chi connectivity index (χ0n) is 17.1. The Labute approximate surface area is 166 Å². The number of rotatable bonds is 4. The monoisotopic (exact) mass is 379 g/mol. The van der Waals surface area contributed by atoms with Crippen molar-refractivity contribution in [2.45, 2.75) is 65.0 Å². The fraction of sp³-hybridized carbons (Fsp3) is 0.458. The zero-order chi connectivity index (χ0) is 20.0. The SMILES string of the molecule is Cc1c(C(=O)O)ccc([C@H]2Nc3ccc(OC(C)C)cc3[C@@H]3CCC[C@H]23)c1C. The van der Waals surface area contributed by atoms with Crippen LogP contribution in [0.3, 0.4) is 0 Å². The normalized spacial score (nSPS) is 23.1. The number of hydrogen-bond donors (Lipinski definition) is 2. The summed E-state index contributed by atoms with van der Waals surface area (Å²) in [6.45, 7) is 8.08. The summed E-state index contributed by atoms with van der Waals surface area (Å²) in [5, 5.41) is 13.2. The molecule has 0 amide bonds. The molecular weight excluding hydrogens is 350 g/mol. The lowest BCUT2D eigenvalue weighted by molar-refractivity contribution is 0.0696. The molecule has 2 N–H and O–H groups in total. The first-order valence-corrected chi connectivity index (χ1v) is 10.3. The molecular formula is C24H29NO3. The first-order valence-electron chi connectivity index (χ1n) is 10.3. The van der Waals surface area contributed by atoms with E-state index in [0.29, 0.717) is 17.4 Å². The third-order valence-corrected chi connectivity index (χ3v) is 6.50. The van der Waals surface area contributed by atoms with E-state index in [-0.39, 0.29) is 12.1 Å². The van der Waals surface area contributed by atoms with Crippen molar-refractivity contribution in [3.05, 3.63) is 58.1 Å². The molecule has 0 radical (unpaired) electrons. The summed E-state index contributed by atoms with van der Waals surface area (Å²) in [6, 6.07) is 10.4. The Morgan fingerprint density at radius 2 is 1.89 bits per heavy atom. The van der Waals surface area contributed by atoms with E-state index in [1.54, 1.807) is 6.07 Å². The molecule has 1 saturated carbocycles. The van der Waals surface area contributed by atoms with Crippen LogP contribution >= 0.6 is 0 Å². The maximum Gasteiger partial charge on any atom is 0.335 e. The molecule has 4 heteroatoms. The van der Waals surface area contributed by atoms with Crippen LogP contribution < -0.4 is 10.1 Å². The molecule has 148 valence electrons. The van der Waals surface area contributed by atoms with Crippen LogP contribution in [0.1, 0.15) is 77.7 Å². The molecule has 0 saturated heterocycles. The van der Waals surface area contributed by atoms with Crippen LogP contribution in [0.4, 0.5) is 5.69 Å². The number of nitrogens with one attached hydrogen (secondary N) is 1. The van der Waals surface area contributed by atoms with Crippen LogP contribution in [0.25, 0.3) is 0 Å². The van der Waals surface area contributed by atoms with E-state index in [1.807, 2.05) is 19.1 Å². The predicted molar refractivity (Wildman–Crippen MR) is 112 cm³/mol. The molecule has 4 rings (SSSR count). The fourth-order valence-electron chi connectivity index (χ4n) is 5.09. The van der Waals surface area contributed by atoms with E-state index >= 15 is 0 Å². The summed E-state index contributed by atoms with van der Waals surface area (Å²) >= 11 is 0. The summed E-state index contributed by atoms with van der Waals surface area (Å²) < 4.78 is 5.93. The van der Waals surface area contributed by atoms with Crippen molar-refractivity contribution in [3.8, 4) is 5.75 Å². The van der Waals surface area contributed by atoms with E-state index in [0.717, 1.165) is 16.9 Å². The highest BCUT2D eigenvalue weighted by Gasteiger charge is 2.41. The number of carboxylic acid groups (broad SMARTS) is 1. The van der Waals surface area contributed by atoms with Crippen LogP contribution in [0.15, 0.2) is 30.3 Å². The summed E-state index contributed by atoms with van der Waals surface area (Å²) in [5.74, 6) is 1.13. The second-order valence-corrected chi connectivity index (χ2v) is 8.50. The van der Waals surface area contributed by atoms with Gasteiger partial charge in [0.05, 0.1) is 17.7 Å². The van der Waals surface area contributed by atoms with Crippen molar-refractivity contribution in [2.75, 3.05) is 5.32 Å². The Morgan fingerprint density at radius 1 is 1.11 bits per heavy atom. The molecule has 0 aromatic heterocycles. The average molecular weight is 380 g/mol. The van der Waals surface area contributed by atoms with E-state index < -0.39 is 5.97 Å². The van der Waals surface area contributed by atoms with Crippen LogP contribution in [0.5, 0.6) is 5.75 Å². The fourth-order valence-corrected chi connectivity index (χ4v) is 5.09. The highest BCUT2D eigenvalue weighted by Crippen LogP contribution is 2.53. The molecule has 1 aliphatic carbocycles. The highest BCUT2D eigenvalue weighted by atomic mass is 16.5. The molecule has 2 aromatic rings. The molecule has 28 heavy (non-hydrogen) atoms. The van der Waals surface area contributed by atoms with Gasteiger partial charge in [0, 0.05) is 5.69 Å². The van der Waals surface area contributed by atoms with E-state index in [4.69, 9.17) is 4.74 Å². The first kappa shape index (κ1) is 18.9. The Balaban J connectivity index is 1.74. The number of fused-ring (bicyclic) bond motifs is 3. The third-order valence-electron chi connectivity index (χ3n) is 6.50. The van der Waals surface area contributed by atoms with Gasteiger partial charge in [-0.15, -0.1) is 0 Å². The van der Waals surface area contributed by atoms with Gasteiger partial charge < -0.3 is 15.2 Å². The molecule has 2 aromatic carbocycles. The summed E-state index contributed by atoms with van der Waals surface area (Å²) in [7, 11) is 0. The number of hydrogen-bond acceptors (Lipinski definition) is 3. The van der Waals surface area contributed by atoms with Gasteiger partial charge in [0.2, 0.25) is 0 Å². The van der Waals surface area contributed by atoms with Gasteiger partial charge in [-0.1, -0.05) is 12.5 Å². The van der Waals surface area contributed by atoms with Gasteiger partial charge in [-0.3, -0.25) is 0 Å². The van der Waals surface area contributed by atoms with E-state index in [2.05, 4.69) is 38.2 Å². The minimum atomic E-state index is -0.856. The van der Waals surface area contributed by atoms with Gasteiger partial charge in [-0.25, -0.2) is 4.79 Å². The predicted octanol–water partition coefficient (Wildman–Crippen LogP) is 5.84. The van der Waals surface area contributed by atoms with Gasteiger partial charge in [-0.2, -0.15) is 0 Å². The highest BCUT2D eigenvalue weighted by molar-refractivity contribution is 5.90. The smallest absolute Gasteiger partial charge is 0.335 e. The number of benzene rings is 2. The molecule has 0 unspecified atom stereocenters. The molecule has 0 bridgehead atoms. The molecule has 1 heterocycles. The van der Waals surface area contributed by atoms with Gasteiger partial charge >= 0.3 is 5.97 Å². The quantitative estimate of drug-likeness (QED) is 0.701. The van der Waals surface area contributed by atoms with Crippen molar-refractivity contribution >= 4 is 11.7 Å². The number of ether oxygens (including phenoxy) is 1. The Bertz CT molecular complexity index is 918. The number of anilines is 1. The Morgan fingerprint density at radius 3 is 2.61 bits per heavy atom. The number of carbonyl (C=O) groups is 1. The maximum atomic E-state index is 11.5. The summed E-state index contributed by atoms with van der Waals surface area (Å²) in [6.07, 6.45) is 3.79. The third kappa shape index (κ3) is 3.15. The molecule has 2 aliphatic rings. The largest absolute Gasteiger partial charge is 0.491 e. The van der Waals surface area contributed by atoms with E-state index in [9.17, 15) is 9.90 Å². The molecule has 0 spiro atoms. The van der Waals surface area contributed by atoms with Gasteiger partial charge in [0.15, 0.2) is 0 Å². The number of carboxylic acids is 1. The topological polar surface area (TPSA) is 58.6 Å². The maximum absolute atomic E-state index is 11.5. The molecule has 4 nitrogen and oxygen atoms in total. The molecule has 1 fully saturated rings. The van der Waals surface area contributed by atoms with Crippen LogP contribution in [-0.4, -0.2) is 17.2 Å². The minimum absolute atomic E-state index is 0.167. The standard InChI is InChI=1S/C24H29NO3/c1-13(2)28-16-8-11-22-21(12-16)19-6-5-7-20(19)23(25-22)17-9-10-18(24(26)27)15(4)14(17)3/h8-13,19-20,23,25H,5-7H2,1-4H3,(H,26,27)/t19-,20+,23-/m1/s1. The molecule has 1 aliphatic heterocycles. The van der Waals surface area contributed by atoms with Gasteiger partial charge in [-0.05, 0) is 98.9 Å². The first-order chi connectivity index (χ1) is 13.4. The van der Waals surface area contributed by atoms with Crippen LogP contribution in [-0.2, 0) is 0 Å². The lowest BCUT2D eigenvalue weighted by atomic mass is 9.76.